The minimum Gasteiger partial charge on any atom is -1.00 e. The van der Waals surface area contributed by atoms with Gasteiger partial charge in [0.15, 0.2) is 11.5 Å². The van der Waals surface area contributed by atoms with E-state index >= 15 is 0 Å². The quantitative estimate of drug-likeness (QED) is 0.132. The summed E-state index contributed by atoms with van der Waals surface area (Å²) >= 11 is 12.5. The lowest BCUT2D eigenvalue weighted by molar-refractivity contribution is -0.938. The van der Waals surface area contributed by atoms with E-state index in [-0.39, 0.29) is 29.1 Å². The van der Waals surface area contributed by atoms with Gasteiger partial charge in [0.1, 0.15) is 35.8 Å². The second-order valence-corrected chi connectivity index (χ2v) is 16.5. The molecule has 4 fully saturated rings. The number of piperidine rings is 1. The van der Waals surface area contributed by atoms with Crippen LogP contribution in [0, 0.1) is 0 Å². The van der Waals surface area contributed by atoms with Crippen molar-refractivity contribution < 1.29 is 49.9 Å². The largest absolute Gasteiger partial charge is 1.00 e. The van der Waals surface area contributed by atoms with Gasteiger partial charge in [-0.15, -0.1) is 0 Å². The number of methoxy groups -OCH3 is 1. The molecule has 4 atom stereocenters. The normalized spacial score (nSPS) is 24.8. The van der Waals surface area contributed by atoms with Crippen LogP contribution in [0.5, 0.6) is 17.2 Å². The Balaban J connectivity index is 0.000000165. The number of pyridine rings is 1. The first-order chi connectivity index (χ1) is 25.5. The summed E-state index contributed by atoms with van der Waals surface area (Å²) in [4.78, 5) is 17.6. The molecule has 1 saturated carbocycles. The highest BCUT2D eigenvalue weighted by Gasteiger charge is 2.71. The molecule has 54 heavy (non-hydrogen) atoms. The van der Waals surface area contributed by atoms with Crippen LogP contribution in [-0.4, -0.2) is 72.8 Å². The zero-order chi connectivity index (χ0) is 37.0. The van der Waals surface area contributed by atoms with Crippen LogP contribution in [0.1, 0.15) is 67.7 Å². The summed E-state index contributed by atoms with van der Waals surface area (Å²) in [5, 5.41) is 1.17. The van der Waals surface area contributed by atoms with E-state index < -0.39 is 11.2 Å². The molecule has 5 aliphatic rings. The maximum absolute atomic E-state index is 13.6. The van der Waals surface area contributed by atoms with Crippen LogP contribution in [0.15, 0.2) is 85.2 Å². The zero-order valence-electron chi connectivity index (χ0n) is 31.1. The molecule has 3 saturated heterocycles. The lowest BCUT2D eigenvalue weighted by atomic mass is 9.76. The summed E-state index contributed by atoms with van der Waals surface area (Å²) < 4.78 is 31.0. The molecular formula is C43H47BrCl2N2O6. The van der Waals surface area contributed by atoms with E-state index in [1.165, 1.54) is 0 Å². The molecule has 5 heterocycles. The fraction of sp³-hybridized carbons (Fsp3) is 0.442. The molecule has 1 aliphatic carbocycles. The number of morpholine rings is 1. The van der Waals surface area contributed by atoms with Crippen molar-refractivity contribution in [2.45, 2.75) is 99.9 Å². The molecule has 0 amide bonds. The van der Waals surface area contributed by atoms with Crippen LogP contribution in [0.2, 0.25) is 10.0 Å². The van der Waals surface area contributed by atoms with Crippen molar-refractivity contribution in [3.05, 3.63) is 117 Å². The average Bonchev–Trinajstić information content (AvgIpc) is 3.62. The molecule has 8 nitrogen and oxygen atoms in total. The number of fused-ring (bicyclic) bond motifs is 6. The smallest absolute Gasteiger partial charge is 0.321 e. The number of benzene rings is 3. The van der Waals surface area contributed by atoms with Gasteiger partial charge < -0.3 is 45.1 Å². The van der Waals surface area contributed by atoms with Gasteiger partial charge in [-0.2, -0.15) is 0 Å². The molecule has 1 aromatic heterocycles. The van der Waals surface area contributed by atoms with Crippen LogP contribution in [0.4, 0.5) is 0 Å². The Morgan fingerprint density at radius 3 is 1.96 bits per heavy atom. The van der Waals surface area contributed by atoms with Gasteiger partial charge in [-0.25, -0.2) is 0 Å². The van der Waals surface area contributed by atoms with Crippen molar-refractivity contribution in [2.75, 3.05) is 21.2 Å². The van der Waals surface area contributed by atoms with E-state index in [1.807, 2.05) is 79.7 Å². The Morgan fingerprint density at radius 2 is 1.41 bits per heavy atom. The monoisotopic (exact) mass is 836 g/mol. The van der Waals surface area contributed by atoms with E-state index in [2.05, 4.69) is 19.1 Å². The number of hydrogen-bond donors (Lipinski definition) is 0. The van der Waals surface area contributed by atoms with Gasteiger partial charge in [-0.1, -0.05) is 89.9 Å². The minimum absolute atomic E-state index is 0. The number of carbonyl (C=O) groups excluding carboxylic acids is 1. The highest BCUT2D eigenvalue weighted by Crippen LogP contribution is 2.53. The Kier molecular flexibility index (Phi) is 11.0. The highest BCUT2D eigenvalue weighted by atomic mass is 79.9. The Morgan fingerprint density at radius 1 is 0.852 bits per heavy atom. The molecule has 286 valence electrons. The van der Waals surface area contributed by atoms with Crippen molar-refractivity contribution in [1.29, 1.82) is 0 Å². The summed E-state index contributed by atoms with van der Waals surface area (Å²) in [7, 11) is 6.23. The van der Waals surface area contributed by atoms with Gasteiger partial charge in [0.2, 0.25) is 5.75 Å². The first-order valence-electron chi connectivity index (χ1n) is 18.7. The Bertz CT molecular complexity index is 1900. The molecule has 3 aromatic carbocycles. The Hall–Kier alpha value is -3.34. The third-order valence-electron chi connectivity index (χ3n) is 12.3. The molecule has 11 heteroatoms. The fourth-order valence-electron chi connectivity index (χ4n) is 9.11. The van der Waals surface area contributed by atoms with Crippen LogP contribution >= 0.6 is 23.2 Å². The average molecular weight is 839 g/mol. The number of likely N-dealkylation sites (N-methyl/N-ethyl adjacent to an activating group) is 1. The summed E-state index contributed by atoms with van der Waals surface area (Å²) in [6.45, 7) is 1.98. The maximum atomic E-state index is 13.6. The third kappa shape index (κ3) is 7.00. The van der Waals surface area contributed by atoms with Crippen LogP contribution in [-0.2, 0) is 32.5 Å². The number of esters is 1. The number of halogens is 3. The highest BCUT2D eigenvalue weighted by molar-refractivity contribution is 6.35. The van der Waals surface area contributed by atoms with Crippen LogP contribution in [0.3, 0.4) is 0 Å². The second kappa shape index (κ2) is 15.3. The number of ether oxygens (including phenoxy) is 5. The first kappa shape index (κ1) is 38.9. The van der Waals surface area contributed by atoms with Gasteiger partial charge in [0, 0.05) is 38.1 Å². The molecule has 4 aliphatic heterocycles. The number of epoxide rings is 1. The van der Waals surface area contributed by atoms with Gasteiger partial charge in [0.05, 0.1) is 31.3 Å². The molecule has 1 spiro atoms. The van der Waals surface area contributed by atoms with Crippen molar-refractivity contribution in [3.63, 3.8) is 0 Å². The van der Waals surface area contributed by atoms with Gasteiger partial charge in [-0.05, 0) is 60.9 Å². The van der Waals surface area contributed by atoms with E-state index in [4.69, 9.17) is 46.9 Å². The van der Waals surface area contributed by atoms with Gasteiger partial charge in [0.25, 0.3) is 5.79 Å². The van der Waals surface area contributed by atoms with Crippen LogP contribution in [0.25, 0.3) is 0 Å². The predicted molar refractivity (Wildman–Crippen MR) is 204 cm³/mol. The Labute approximate surface area is 338 Å². The molecule has 0 N–H and O–H groups in total. The van der Waals surface area contributed by atoms with Gasteiger partial charge in [-0.3, -0.25) is 9.78 Å². The van der Waals surface area contributed by atoms with E-state index in [1.54, 1.807) is 19.5 Å². The van der Waals surface area contributed by atoms with Crippen molar-refractivity contribution in [1.82, 2.24) is 4.98 Å². The number of carbonyl (C=O) groups is 1. The number of rotatable bonds is 8. The molecular weight excluding hydrogens is 791 g/mol. The number of quaternary nitrogens is 1. The zero-order valence-corrected chi connectivity index (χ0v) is 34.2. The summed E-state index contributed by atoms with van der Waals surface area (Å²) in [6.07, 6.45) is 11.2. The number of nitrogens with zero attached hydrogens (tertiary/aromatic N) is 2. The first-order valence-corrected chi connectivity index (χ1v) is 19.5. The van der Waals surface area contributed by atoms with Gasteiger partial charge >= 0.3 is 5.97 Å². The number of aromatic nitrogens is 1. The number of aryl methyl sites for hydroxylation is 1. The molecule has 0 radical (unpaired) electrons. The molecule has 4 aromatic rings. The van der Waals surface area contributed by atoms with E-state index in [0.717, 1.165) is 77.4 Å². The molecule has 2 bridgehead atoms. The predicted octanol–water partition coefficient (Wildman–Crippen LogP) is 5.52. The number of hydrogen-bond acceptors (Lipinski definition) is 7. The van der Waals surface area contributed by atoms with E-state index in [0.29, 0.717) is 52.3 Å². The molecule has 2 unspecified atom stereocenters. The minimum atomic E-state index is -0.817. The van der Waals surface area contributed by atoms with E-state index in [9.17, 15) is 4.79 Å². The lowest BCUT2D eigenvalue weighted by Crippen LogP contribution is -3.00. The fourth-order valence-corrected chi connectivity index (χ4v) is 9.67. The molecule has 9 rings (SSSR count). The SMILES string of the molecule is CC(C(=O)OC1CC2[C@@H]3O[C@H]3C(C1)[N+]2(C)C)(c1ccccc1)c1ccccc1.COc1ccc(CCc2c(Cl)cncc2Cl)c2c1OC1(CCCC1)O2.[Br-]. The lowest BCUT2D eigenvalue weighted by Gasteiger charge is -2.45. The maximum Gasteiger partial charge on any atom is 0.321 e. The van der Waals surface area contributed by atoms with Crippen molar-refractivity contribution >= 4 is 29.2 Å². The third-order valence-corrected chi connectivity index (χ3v) is 13.0. The second-order valence-electron chi connectivity index (χ2n) is 15.7. The van der Waals surface area contributed by atoms with Crippen LogP contribution < -0.4 is 31.2 Å². The summed E-state index contributed by atoms with van der Waals surface area (Å²) in [5.41, 5.74) is 3.09. The standard InChI is InChI=1S/C24H28NO3.C19H19Cl2NO3.BrH/c1-24(16-10-6-4-7-11-16,17-12-8-5-9-13-17)23(26)27-18-14-19-21-22(28-21)20(15-18)25(19,2)3;1-23-16-7-5-12(4-6-13-14(20)10-22-11-15(13)21)17-18(16)25-19(24-17)8-2-3-9-19;/h4-13,18-22H,14-15H2,1-3H3;5,7,10-11H,2-4,6,8-9H2,1H3;1H/q+1;;/p-1/t18?,19?,20?,21-,22-;;/m0../s1. The summed E-state index contributed by atoms with van der Waals surface area (Å²) in [5.74, 6) is 1.55. The van der Waals surface area contributed by atoms with Crippen molar-refractivity contribution in [3.8, 4) is 17.2 Å². The van der Waals surface area contributed by atoms with Crippen molar-refractivity contribution in [2.24, 2.45) is 0 Å². The summed E-state index contributed by atoms with van der Waals surface area (Å²) in [6, 6.07) is 24.8. The topological polar surface area (TPSA) is 79.4 Å².